The van der Waals surface area contributed by atoms with Crippen LogP contribution in [0.5, 0.6) is 0 Å². The monoisotopic (exact) mass is 526 g/mol. The molecule has 29 heavy (non-hydrogen) atoms. The van der Waals surface area contributed by atoms with Crippen molar-refractivity contribution in [3.63, 3.8) is 0 Å². The number of nitrogens with zero attached hydrogens (tertiary/aromatic N) is 5. The molecule has 3 heterocycles. The fraction of sp³-hybridized carbons (Fsp3) is 0.684. The van der Waals surface area contributed by atoms with Gasteiger partial charge in [0.05, 0.1) is 0 Å². The number of rotatable bonds is 4. The van der Waals surface area contributed by atoms with E-state index in [1.807, 2.05) is 17.2 Å². The van der Waals surface area contributed by atoms with Gasteiger partial charge in [-0.15, -0.1) is 24.0 Å². The molecular weight excluding hydrogens is 496 g/mol. The van der Waals surface area contributed by atoms with Gasteiger partial charge in [-0.25, -0.2) is 4.98 Å². The smallest absolute Gasteiger partial charge is 0.357 e. The number of pyridine rings is 1. The maximum absolute atomic E-state index is 12.9. The van der Waals surface area contributed by atoms with E-state index in [2.05, 4.69) is 26.3 Å². The first-order chi connectivity index (χ1) is 13.4. The van der Waals surface area contributed by atoms with Crippen molar-refractivity contribution in [1.29, 1.82) is 0 Å². The van der Waals surface area contributed by atoms with Crippen LogP contribution in [-0.2, 0) is 6.54 Å². The Morgan fingerprint density at radius 3 is 2.41 bits per heavy atom. The van der Waals surface area contributed by atoms with Gasteiger partial charge in [0.1, 0.15) is 11.9 Å². The summed E-state index contributed by atoms with van der Waals surface area (Å²) in [4.78, 5) is 14.6. The second-order valence-corrected chi connectivity index (χ2v) is 7.36. The molecule has 164 valence electrons. The largest absolute Gasteiger partial charge is 0.403 e. The molecule has 1 unspecified atom stereocenters. The van der Waals surface area contributed by atoms with Gasteiger partial charge in [0, 0.05) is 59.1 Å². The maximum atomic E-state index is 12.9. The van der Waals surface area contributed by atoms with Crippen molar-refractivity contribution in [2.45, 2.75) is 38.5 Å². The highest BCUT2D eigenvalue weighted by Gasteiger charge is 2.41. The SMILES string of the molecule is CN=C(NCc1ccnc(N2CCCC2)c1)N1CCN(C(C)C(F)(F)F)CC1.I. The van der Waals surface area contributed by atoms with Crippen molar-refractivity contribution in [3.05, 3.63) is 23.9 Å². The molecule has 0 spiro atoms. The number of aliphatic imine (C=N–C) groups is 1. The number of hydrogen-bond acceptors (Lipinski definition) is 4. The molecular formula is C19H30F3IN6. The molecule has 2 aliphatic heterocycles. The van der Waals surface area contributed by atoms with Crippen LogP contribution >= 0.6 is 24.0 Å². The van der Waals surface area contributed by atoms with E-state index in [4.69, 9.17) is 0 Å². The summed E-state index contributed by atoms with van der Waals surface area (Å²) < 4.78 is 38.7. The normalized spacial score (nSPS) is 19.8. The number of piperazine rings is 1. The van der Waals surface area contributed by atoms with Gasteiger partial charge in [-0.1, -0.05) is 0 Å². The van der Waals surface area contributed by atoms with Crippen molar-refractivity contribution in [2.75, 3.05) is 51.2 Å². The Balaban J connectivity index is 0.00000300. The van der Waals surface area contributed by atoms with Gasteiger partial charge in [-0.2, -0.15) is 13.2 Å². The summed E-state index contributed by atoms with van der Waals surface area (Å²) in [7, 11) is 1.70. The molecule has 2 aliphatic rings. The van der Waals surface area contributed by atoms with Crippen LogP contribution in [-0.4, -0.2) is 79.3 Å². The second kappa shape index (κ2) is 10.6. The first-order valence-corrected chi connectivity index (χ1v) is 9.84. The Bertz CT molecular complexity index is 670. The van der Waals surface area contributed by atoms with Crippen LogP contribution in [0.15, 0.2) is 23.3 Å². The van der Waals surface area contributed by atoms with Crippen LogP contribution in [0, 0.1) is 0 Å². The number of anilines is 1. The van der Waals surface area contributed by atoms with Crippen molar-refractivity contribution >= 4 is 35.8 Å². The molecule has 0 aliphatic carbocycles. The zero-order valence-electron chi connectivity index (χ0n) is 17.0. The first kappa shape index (κ1) is 24.0. The van der Waals surface area contributed by atoms with Crippen LogP contribution < -0.4 is 10.2 Å². The van der Waals surface area contributed by atoms with Crippen LogP contribution in [0.25, 0.3) is 0 Å². The zero-order chi connectivity index (χ0) is 20.1. The lowest BCUT2D eigenvalue weighted by molar-refractivity contribution is -0.181. The molecule has 0 aromatic carbocycles. The number of halogens is 4. The molecule has 0 amide bonds. The van der Waals surface area contributed by atoms with Gasteiger partial charge in [0.15, 0.2) is 5.96 Å². The Labute approximate surface area is 187 Å². The molecule has 6 nitrogen and oxygen atoms in total. The minimum absolute atomic E-state index is 0. The lowest BCUT2D eigenvalue weighted by Gasteiger charge is -2.39. The number of hydrogen-bond donors (Lipinski definition) is 1. The standard InChI is InChI=1S/C19H29F3N6.HI/c1-15(19(20,21)22)26-9-11-28(12-10-26)18(23-2)25-14-16-5-6-24-17(13-16)27-7-3-4-8-27;/h5-6,13,15H,3-4,7-12,14H2,1-2H3,(H,23,25);1H. The summed E-state index contributed by atoms with van der Waals surface area (Å²) >= 11 is 0. The van der Waals surface area contributed by atoms with Gasteiger partial charge >= 0.3 is 6.18 Å². The molecule has 1 N–H and O–H groups in total. The van der Waals surface area contributed by atoms with E-state index in [9.17, 15) is 13.2 Å². The topological polar surface area (TPSA) is 47.0 Å². The predicted molar refractivity (Wildman–Crippen MR) is 120 cm³/mol. The molecule has 1 aromatic rings. The van der Waals surface area contributed by atoms with Crippen molar-refractivity contribution in [3.8, 4) is 0 Å². The average molecular weight is 526 g/mol. The highest BCUT2D eigenvalue weighted by atomic mass is 127. The Hall–Kier alpha value is -1.30. The van der Waals surface area contributed by atoms with Crippen LogP contribution in [0.3, 0.4) is 0 Å². The van der Waals surface area contributed by atoms with Crippen molar-refractivity contribution in [2.24, 2.45) is 4.99 Å². The molecule has 2 fully saturated rings. The molecule has 0 bridgehead atoms. The summed E-state index contributed by atoms with van der Waals surface area (Å²) in [5.41, 5.74) is 1.11. The molecule has 3 rings (SSSR count). The van der Waals surface area contributed by atoms with Crippen molar-refractivity contribution in [1.82, 2.24) is 20.1 Å². The summed E-state index contributed by atoms with van der Waals surface area (Å²) in [5.74, 6) is 1.72. The summed E-state index contributed by atoms with van der Waals surface area (Å²) in [6, 6.07) is 2.66. The minimum Gasteiger partial charge on any atom is -0.357 e. The summed E-state index contributed by atoms with van der Waals surface area (Å²) in [5, 5.41) is 3.34. The average Bonchev–Trinajstić information content (AvgIpc) is 3.23. The first-order valence-electron chi connectivity index (χ1n) is 9.84. The molecule has 1 atom stereocenters. The van der Waals surface area contributed by atoms with Gasteiger partial charge in [-0.05, 0) is 37.5 Å². The maximum Gasteiger partial charge on any atom is 0.403 e. The van der Waals surface area contributed by atoms with Gasteiger partial charge in [0.2, 0.25) is 0 Å². The van der Waals surface area contributed by atoms with E-state index >= 15 is 0 Å². The Kier molecular flexibility index (Phi) is 8.80. The molecule has 1 aromatic heterocycles. The van der Waals surface area contributed by atoms with Gasteiger partial charge in [0.25, 0.3) is 0 Å². The molecule has 2 saturated heterocycles. The summed E-state index contributed by atoms with van der Waals surface area (Å²) in [6.45, 7) is 5.72. The van der Waals surface area contributed by atoms with E-state index in [0.29, 0.717) is 32.7 Å². The van der Waals surface area contributed by atoms with E-state index in [1.54, 1.807) is 7.05 Å². The fourth-order valence-corrected chi connectivity index (χ4v) is 3.73. The van der Waals surface area contributed by atoms with Crippen LogP contribution in [0.4, 0.5) is 19.0 Å². The Morgan fingerprint density at radius 1 is 1.17 bits per heavy atom. The lowest BCUT2D eigenvalue weighted by atomic mass is 10.2. The highest BCUT2D eigenvalue weighted by molar-refractivity contribution is 14.0. The minimum atomic E-state index is -4.18. The third-order valence-corrected chi connectivity index (χ3v) is 5.54. The number of nitrogens with one attached hydrogen (secondary N) is 1. The quantitative estimate of drug-likeness (QED) is 0.372. The third kappa shape index (κ3) is 6.34. The predicted octanol–water partition coefficient (Wildman–Crippen LogP) is 2.94. The summed E-state index contributed by atoms with van der Waals surface area (Å²) in [6.07, 6.45) is 0.0483. The third-order valence-electron chi connectivity index (χ3n) is 5.54. The highest BCUT2D eigenvalue weighted by Crippen LogP contribution is 2.25. The van der Waals surface area contributed by atoms with E-state index < -0.39 is 12.2 Å². The van der Waals surface area contributed by atoms with Crippen LogP contribution in [0.2, 0.25) is 0 Å². The molecule has 0 saturated carbocycles. The van der Waals surface area contributed by atoms with Gasteiger partial charge in [-0.3, -0.25) is 9.89 Å². The second-order valence-electron chi connectivity index (χ2n) is 7.36. The van der Waals surface area contributed by atoms with Crippen LogP contribution in [0.1, 0.15) is 25.3 Å². The Morgan fingerprint density at radius 2 is 1.83 bits per heavy atom. The van der Waals surface area contributed by atoms with E-state index in [0.717, 1.165) is 30.4 Å². The number of aromatic nitrogens is 1. The van der Waals surface area contributed by atoms with E-state index in [1.165, 1.54) is 24.7 Å². The van der Waals surface area contributed by atoms with E-state index in [-0.39, 0.29) is 24.0 Å². The fourth-order valence-electron chi connectivity index (χ4n) is 3.73. The zero-order valence-corrected chi connectivity index (χ0v) is 19.3. The van der Waals surface area contributed by atoms with Crippen molar-refractivity contribution < 1.29 is 13.2 Å². The molecule has 0 radical (unpaired) electrons. The number of alkyl halides is 3. The number of guanidine groups is 1. The molecule has 10 heteroatoms. The lowest BCUT2D eigenvalue weighted by Crippen LogP contribution is -2.56. The van der Waals surface area contributed by atoms with Gasteiger partial charge < -0.3 is 15.1 Å².